The Morgan fingerprint density at radius 3 is 2.40 bits per heavy atom. The molecule has 1 fully saturated rings. The van der Waals surface area contributed by atoms with E-state index in [1.54, 1.807) is 0 Å². The van der Waals surface area contributed by atoms with Gasteiger partial charge in [0.1, 0.15) is 0 Å². The highest BCUT2D eigenvalue weighted by atomic mass is 16.3. The molecule has 2 heteroatoms. The lowest BCUT2D eigenvalue weighted by Crippen LogP contribution is -2.47. The van der Waals surface area contributed by atoms with Crippen LogP contribution >= 0.6 is 0 Å². The van der Waals surface area contributed by atoms with Crippen LogP contribution in [0.2, 0.25) is 0 Å². The van der Waals surface area contributed by atoms with Crippen molar-refractivity contribution >= 4 is 0 Å². The van der Waals surface area contributed by atoms with Gasteiger partial charge in [-0.1, -0.05) is 46.2 Å². The molecule has 1 rings (SSSR count). The van der Waals surface area contributed by atoms with E-state index in [-0.39, 0.29) is 11.5 Å². The van der Waals surface area contributed by atoms with Gasteiger partial charge in [0.2, 0.25) is 0 Å². The molecule has 1 aliphatic carbocycles. The maximum Gasteiger partial charge on any atom is 0.0973 e. The Labute approximate surface area is 93.8 Å². The second-order valence-corrected chi connectivity index (χ2v) is 6.11. The highest BCUT2D eigenvalue weighted by Crippen LogP contribution is 2.53. The lowest BCUT2D eigenvalue weighted by Gasteiger charge is -2.51. The van der Waals surface area contributed by atoms with E-state index in [0.29, 0.717) is 11.3 Å². The molecule has 0 saturated heterocycles. The Kier molecular flexibility index (Phi) is 3.57. The Morgan fingerprint density at radius 1 is 1.33 bits per heavy atom. The summed E-state index contributed by atoms with van der Waals surface area (Å²) >= 11 is 0. The molecule has 0 aromatic heterocycles. The molecule has 3 unspecified atom stereocenters. The summed E-state index contributed by atoms with van der Waals surface area (Å²) in [7, 11) is 0. The largest absolute Gasteiger partial charge is 0.150 e. The van der Waals surface area contributed by atoms with Crippen LogP contribution in [0.3, 0.4) is 0 Å². The van der Waals surface area contributed by atoms with Crippen molar-refractivity contribution in [3.8, 4) is 0 Å². The van der Waals surface area contributed by atoms with Gasteiger partial charge in [-0.05, 0) is 36.0 Å². The molecule has 1 saturated carbocycles. The summed E-state index contributed by atoms with van der Waals surface area (Å²) in [6.07, 6.45) is 4.62. The third kappa shape index (κ3) is 2.09. The maximum absolute atomic E-state index is 10.8. The molecule has 0 aromatic rings. The summed E-state index contributed by atoms with van der Waals surface area (Å²) < 4.78 is 0. The molecule has 1 aliphatic rings. The van der Waals surface area contributed by atoms with Gasteiger partial charge in [0.05, 0.1) is 6.04 Å². The topological polar surface area (TPSA) is 29.4 Å². The van der Waals surface area contributed by atoms with Crippen LogP contribution in [0.15, 0.2) is 5.18 Å². The zero-order valence-electron chi connectivity index (χ0n) is 10.8. The first-order valence-electron chi connectivity index (χ1n) is 6.21. The predicted molar refractivity (Wildman–Crippen MR) is 64.8 cm³/mol. The quantitative estimate of drug-likeness (QED) is 0.637. The molecule has 0 aliphatic heterocycles. The SMILES string of the molecule is CCCC1(C)CCC(N=O)C(C)(C)C1C. The molecule has 88 valence electrons. The molecule has 0 amide bonds. The van der Waals surface area contributed by atoms with Crippen molar-refractivity contribution < 1.29 is 0 Å². The zero-order chi connectivity index (χ0) is 11.7. The standard InChI is InChI=1S/C13H25NO/c1-6-8-13(5)9-7-11(14-15)12(3,4)10(13)2/h10-11H,6-9H2,1-5H3. The number of hydrogen-bond acceptors (Lipinski definition) is 2. The first kappa shape index (κ1) is 12.7. The van der Waals surface area contributed by atoms with Gasteiger partial charge in [-0.15, -0.1) is 0 Å². The molecule has 0 aromatic carbocycles. The predicted octanol–water partition coefficient (Wildman–Crippen LogP) is 4.38. The molecular weight excluding hydrogens is 186 g/mol. The molecule has 0 radical (unpaired) electrons. The third-order valence-corrected chi connectivity index (χ3v) is 4.96. The highest BCUT2D eigenvalue weighted by Gasteiger charge is 2.49. The molecular formula is C13H25NO. The van der Waals surface area contributed by atoms with Crippen LogP contribution in [0.25, 0.3) is 0 Å². The minimum absolute atomic E-state index is 0.0115. The van der Waals surface area contributed by atoms with Crippen molar-refractivity contribution in [1.82, 2.24) is 0 Å². The Morgan fingerprint density at radius 2 is 1.93 bits per heavy atom. The van der Waals surface area contributed by atoms with Crippen molar-refractivity contribution in [2.24, 2.45) is 21.9 Å². The molecule has 3 atom stereocenters. The lowest BCUT2D eigenvalue weighted by atomic mass is 9.54. The van der Waals surface area contributed by atoms with Gasteiger partial charge >= 0.3 is 0 Å². The van der Waals surface area contributed by atoms with Crippen molar-refractivity contribution in [2.45, 2.75) is 66.3 Å². The van der Waals surface area contributed by atoms with Crippen LogP contribution < -0.4 is 0 Å². The zero-order valence-corrected chi connectivity index (χ0v) is 10.8. The van der Waals surface area contributed by atoms with E-state index < -0.39 is 0 Å². The first-order valence-corrected chi connectivity index (χ1v) is 6.21. The van der Waals surface area contributed by atoms with Crippen molar-refractivity contribution in [1.29, 1.82) is 0 Å². The van der Waals surface area contributed by atoms with E-state index in [0.717, 1.165) is 12.8 Å². The van der Waals surface area contributed by atoms with Gasteiger partial charge in [0.25, 0.3) is 0 Å². The molecule has 15 heavy (non-hydrogen) atoms. The average molecular weight is 211 g/mol. The van der Waals surface area contributed by atoms with Gasteiger partial charge in [0.15, 0.2) is 0 Å². The van der Waals surface area contributed by atoms with E-state index in [1.165, 1.54) is 12.8 Å². The van der Waals surface area contributed by atoms with Crippen molar-refractivity contribution in [2.75, 3.05) is 0 Å². The smallest absolute Gasteiger partial charge is 0.0973 e. The van der Waals surface area contributed by atoms with Crippen LogP contribution in [-0.2, 0) is 0 Å². The van der Waals surface area contributed by atoms with E-state index in [4.69, 9.17) is 0 Å². The van der Waals surface area contributed by atoms with Crippen LogP contribution in [0.4, 0.5) is 0 Å². The van der Waals surface area contributed by atoms with Crippen molar-refractivity contribution in [3.63, 3.8) is 0 Å². The van der Waals surface area contributed by atoms with Gasteiger partial charge in [0, 0.05) is 0 Å². The minimum Gasteiger partial charge on any atom is -0.150 e. The summed E-state index contributed by atoms with van der Waals surface area (Å²) in [4.78, 5) is 10.8. The number of rotatable bonds is 3. The monoisotopic (exact) mass is 211 g/mol. The van der Waals surface area contributed by atoms with Crippen LogP contribution in [0.5, 0.6) is 0 Å². The van der Waals surface area contributed by atoms with E-state index in [2.05, 4.69) is 39.8 Å². The minimum atomic E-state index is 0.0115. The summed E-state index contributed by atoms with van der Waals surface area (Å²) in [5.41, 5.74) is 0.462. The van der Waals surface area contributed by atoms with Gasteiger partial charge in [-0.2, -0.15) is 4.91 Å². The normalized spacial score (nSPS) is 40.1. The number of nitroso groups, excluding NO2 is 1. The second-order valence-electron chi connectivity index (χ2n) is 6.11. The van der Waals surface area contributed by atoms with Gasteiger partial charge in [-0.25, -0.2) is 0 Å². The fraction of sp³-hybridized carbons (Fsp3) is 1.00. The van der Waals surface area contributed by atoms with E-state index >= 15 is 0 Å². The molecule has 0 bridgehead atoms. The summed E-state index contributed by atoms with van der Waals surface area (Å²) in [5, 5.41) is 3.33. The van der Waals surface area contributed by atoms with Crippen LogP contribution in [0, 0.1) is 21.7 Å². The van der Waals surface area contributed by atoms with E-state index in [9.17, 15) is 4.91 Å². The highest BCUT2D eigenvalue weighted by molar-refractivity contribution is 5.00. The maximum atomic E-state index is 10.8. The number of hydrogen-bond donors (Lipinski definition) is 0. The summed E-state index contributed by atoms with van der Waals surface area (Å²) in [6.45, 7) is 11.3. The molecule has 0 spiro atoms. The van der Waals surface area contributed by atoms with Crippen LogP contribution in [0.1, 0.15) is 60.3 Å². The molecule has 2 nitrogen and oxygen atoms in total. The first-order chi connectivity index (χ1) is 6.88. The summed E-state index contributed by atoms with van der Waals surface area (Å²) in [5.74, 6) is 0.571. The molecule has 0 N–H and O–H groups in total. The van der Waals surface area contributed by atoms with Gasteiger partial charge < -0.3 is 0 Å². The fourth-order valence-corrected chi connectivity index (χ4v) is 3.34. The third-order valence-electron chi connectivity index (χ3n) is 4.96. The Hall–Kier alpha value is -0.400. The van der Waals surface area contributed by atoms with E-state index in [1.807, 2.05) is 0 Å². The number of nitrogens with zero attached hydrogens (tertiary/aromatic N) is 1. The van der Waals surface area contributed by atoms with Gasteiger partial charge in [-0.3, -0.25) is 0 Å². The lowest BCUT2D eigenvalue weighted by molar-refractivity contribution is -0.00803. The Balaban J connectivity index is 2.89. The van der Waals surface area contributed by atoms with Crippen molar-refractivity contribution in [3.05, 3.63) is 4.91 Å². The fourth-order valence-electron chi connectivity index (χ4n) is 3.34. The average Bonchev–Trinajstić information content (AvgIpc) is 2.16. The summed E-state index contributed by atoms with van der Waals surface area (Å²) in [6, 6.07) is 0.0115. The van der Waals surface area contributed by atoms with Crippen LogP contribution in [-0.4, -0.2) is 6.04 Å². The Bertz CT molecular complexity index is 237. The second kappa shape index (κ2) is 4.23. The molecule has 0 heterocycles.